The minimum Gasteiger partial charge on any atom is -0.494 e. The van der Waals surface area contributed by atoms with E-state index in [-0.39, 0.29) is 12.0 Å². The summed E-state index contributed by atoms with van der Waals surface area (Å²) in [5.74, 6) is 1.67. The average molecular weight is 355 g/mol. The molecule has 0 heterocycles. The lowest BCUT2D eigenvalue weighted by atomic mass is 10.1. The molecule has 0 aliphatic heterocycles. The summed E-state index contributed by atoms with van der Waals surface area (Å²) in [6.07, 6.45) is 2.00. The van der Waals surface area contributed by atoms with E-state index in [9.17, 15) is 4.79 Å². The number of hydrogen-bond donors (Lipinski definition) is 1. The summed E-state index contributed by atoms with van der Waals surface area (Å²) < 4.78 is 11.2. The highest BCUT2D eigenvalue weighted by Gasteiger charge is 2.08. The van der Waals surface area contributed by atoms with Gasteiger partial charge in [0.05, 0.1) is 12.7 Å². The van der Waals surface area contributed by atoms with Gasteiger partial charge in [0.1, 0.15) is 11.5 Å². The number of ether oxygens (including phenoxy) is 2. The fourth-order valence-corrected chi connectivity index (χ4v) is 2.71. The molecule has 2 rings (SSSR count). The maximum atomic E-state index is 12.3. The van der Waals surface area contributed by atoms with E-state index in [0.717, 1.165) is 29.9 Å². The Labute approximate surface area is 156 Å². The lowest BCUT2D eigenvalue weighted by Crippen LogP contribution is -2.24. The second-order valence-electron chi connectivity index (χ2n) is 6.58. The summed E-state index contributed by atoms with van der Waals surface area (Å²) >= 11 is 0. The third kappa shape index (κ3) is 6.10. The van der Waals surface area contributed by atoms with Crippen LogP contribution in [-0.4, -0.2) is 25.2 Å². The summed E-state index contributed by atoms with van der Waals surface area (Å²) in [7, 11) is 0. The Kier molecular flexibility index (Phi) is 7.52. The van der Waals surface area contributed by atoms with E-state index in [2.05, 4.69) is 17.4 Å². The van der Waals surface area contributed by atoms with Crippen LogP contribution in [0.2, 0.25) is 0 Å². The maximum Gasteiger partial charge on any atom is 0.251 e. The van der Waals surface area contributed by atoms with E-state index >= 15 is 0 Å². The van der Waals surface area contributed by atoms with Crippen LogP contribution in [0, 0.1) is 6.92 Å². The Morgan fingerprint density at radius 1 is 1.12 bits per heavy atom. The van der Waals surface area contributed by atoms with Crippen molar-refractivity contribution in [2.24, 2.45) is 0 Å². The number of hydrogen-bond acceptors (Lipinski definition) is 3. The number of aryl methyl sites for hydroxylation is 2. The van der Waals surface area contributed by atoms with Gasteiger partial charge in [-0.1, -0.05) is 12.1 Å². The van der Waals surface area contributed by atoms with Crippen molar-refractivity contribution in [1.29, 1.82) is 0 Å². The second-order valence-corrected chi connectivity index (χ2v) is 6.58. The van der Waals surface area contributed by atoms with Gasteiger partial charge in [0, 0.05) is 12.1 Å². The van der Waals surface area contributed by atoms with E-state index in [1.54, 1.807) is 6.07 Å². The largest absolute Gasteiger partial charge is 0.494 e. The Hall–Kier alpha value is -2.49. The van der Waals surface area contributed by atoms with Gasteiger partial charge in [0.15, 0.2) is 0 Å². The number of benzene rings is 2. The first-order valence-corrected chi connectivity index (χ1v) is 9.27. The van der Waals surface area contributed by atoms with Crippen LogP contribution in [0.4, 0.5) is 0 Å². The molecule has 0 aromatic heterocycles. The fourth-order valence-electron chi connectivity index (χ4n) is 2.71. The van der Waals surface area contributed by atoms with E-state index < -0.39 is 0 Å². The molecular weight excluding hydrogens is 326 g/mol. The van der Waals surface area contributed by atoms with Gasteiger partial charge in [-0.25, -0.2) is 0 Å². The summed E-state index contributed by atoms with van der Waals surface area (Å²) in [5, 5.41) is 2.98. The Morgan fingerprint density at radius 2 is 1.85 bits per heavy atom. The summed E-state index contributed by atoms with van der Waals surface area (Å²) in [4.78, 5) is 12.3. The second kappa shape index (κ2) is 9.85. The van der Waals surface area contributed by atoms with Crippen molar-refractivity contribution in [1.82, 2.24) is 5.32 Å². The molecule has 0 saturated heterocycles. The van der Waals surface area contributed by atoms with Crippen LogP contribution in [0.5, 0.6) is 11.5 Å². The summed E-state index contributed by atoms with van der Waals surface area (Å²) in [6.45, 7) is 9.20. The molecule has 26 heavy (non-hydrogen) atoms. The topological polar surface area (TPSA) is 47.6 Å². The van der Waals surface area contributed by atoms with Gasteiger partial charge in [0.2, 0.25) is 0 Å². The smallest absolute Gasteiger partial charge is 0.251 e. The highest BCUT2D eigenvalue weighted by atomic mass is 16.5. The van der Waals surface area contributed by atoms with Gasteiger partial charge < -0.3 is 14.8 Å². The molecule has 0 aliphatic carbocycles. The number of rotatable bonds is 9. The molecule has 4 heteroatoms. The van der Waals surface area contributed by atoms with Crippen LogP contribution in [0.15, 0.2) is 42.5 Å². The molecule has 0 unspecified atom stereocenters. The molecule has 0 fully saturated rings. The quantitative estimate of drug-likeness (QED) is 0.672. The van der Waals surface area contributed by atoms with Gasteiger partial charge >= 0.3 is 0 Å². The van der Waals surface area contributed by atoms with Crippen molar-refractivity contribution in [2.45, 2.75) is 46.6 Å². The van der Waals surface area contributed by atoms with Gasteiger partial charge in [-0.15, -0.1) is 0 Å². The first-order chi connectivity index (χ1) is 12.5. The van der Waals surface area contributed by atoms with Crippen LogP contribution in [0.3, 0.4) is 0 Å². The van der Waals surface area contributed by atoms with Crippen molar-refractivity contribution in [2.75, 3.05) is 13.2 Å². The molecule has 2 aromatic carbocycles. The molecule has 0 atom stereocenters. The molecule has 0 saturated carbocycles. The minimum atomic E-state index is -0.0446. The van der Waals surface area contributed by atoms with E-state index in [4.69, 9.17) is 9.47 Å². The standard InChI is InChI=1S/C22H29NO3/c1-5-25-21-13-10-19(15-17(21)4)22(24)23-14-6-7-18-8-11-20(12-9-18)26-16(2)3/h8-13,15-16H,5-7,14H2,1-4H3,(H,23,24). The molecule has 0 bridgehead atoms. The van der Waals surface area contributed by atoms with E-state index in [1.165, 1.54) is 5.56 Å². The molecule has 4 nitrogen and oxygen atoms in total. The Bertz CT molecular complexity index is 708. The zero-order valence-electron chi connectivity index (χ0n) is 16.2. The van der Waals surface area contributed by atoms with Crippen LogP contribution in [-0.2, 0) is 6.42 Å². The highest BCUT2D eigenvalue weighted by molar-refractivity contribution is 5.94. The predicted molar refractivity (Wildman–Crippen MR) is 105 cm³/mol. The van der Waals surface area contributed by atoms with Gasteiger partial charge in [-0.2, -0.15) is 0 Å². The van der Waals surface area contributed by atoms with E-state index in [0.29, 0.717) is 18.7 Å². The van der Waals surface area contributed by atoms with Crippen LogP contribution in [0.25, 0.3) is 0 Å². The number of nitrogens with one attached hydrogen (secondary N) is 1. The van der Waals surface area contributed by atoms with Crippen molar-refractivity contribution in [3.63, 3.8) is 0 Å². The molecule has 140 valence electrons. The summed E-state index contributed by atoms with van der Waals surface area (Å²) in [5.41, 5.74) is 2.89. The molecule has 0 aliphatic rings. The maximum absolute atomic E-state index is 12.3. The lowest BCUT2D eigenvalue weighted by Gasteiger charge is -2.11. The van der Waals surface area contributed by atoms with E-state index in [1.807, 2.05) is 52.0 Å². The lowest BCUT2D eigenvalue weighted by molar-refractivity contribution is 0.0953. The van der Waals surface area contributed by atoms with Crippen molar-refractivity contribution >= 4 is 5.91 Å². The first-order valence-electron chi connectivity index (χ1n) is 9.27. The molecule has 1 N–H and O–H groups in total. The van der Waals surface area contributed by atoms with Crippen LogP contribution >= 0.6 is 0 Å². The van der Waals surface area contributed by atoms with Gasteiger partial charge in [-0.05, 0) is 82.0 Å². The first kappa shape index (κ1) is 19.8. The third-order valence-electron chi connectivity index (χ3n) is 3.96. The Balaban J connectivity index is 1.77. The highest BCUT2D eigenvalue weighted by Crippen LogP contribution is 2.19. The van der Waals surface area contributed by atoms with Crippen molar-refractivity contribution < 1.29 is 14.3 Å². The van der Waals surface area contributed by atoms with Crippen LogP contribution in [0.1, 0.15) is 48.7 Å². The minimum absolute atomic E-state index is 0.0446. The normalized spacial score (nSPS) is 10.7. The molecule has 0 radical (unpaired) electrons. The van der Waals surface area contributed by atoms with Crippen molar-refractivity contribution in [3.8, 4) is 11.5 Å². The zero-order chi connectivity index (χ0) is 18.9. The molecule has 0 spiro atoms. The summed E-state index contributed by atoms with van der Waals surface area (Å²) in [6, 6.07) is 13.7. The predicted octanol–water partition coefficient (Wildman–Crippen LogP) is 4.54. The van der Waals surface area contributed by atoms with Gasteiger partial charge in [0.25, 0.3) is 5.91 Å². The average Bonchev–Trinajstić information content (AvgIpc) is 2.61. The fraction of sp³-hybridized carbons (Fsp3) is 0.409. The third-order valence-corrected chi connectivity index (χ3v) is 3.96. The van der Waals surface area contributed by atoms with Crippen molar-refractivity contribution in [3.05, 3.63) is 59.2 Å². The zero-order valence-corrected chi connectivity index (χ0v) is 16.2. The molecule has 2 aromatic rings. The number of amides is 1. The molecule has 1 amide bonds. The number of carbonyl (C=O) groups is 1. The Morgan fingerprint density at radius 3 is 2.46 bits per heavy atom. The van der Waals surface area contributed by atoms with Crippen LogP contribution < -0.4 is 14.8 Å². The number of carbonyl (C=O) groups excluding carboxylic acids is 1. The monoisotopic (exact) mass is 355 g/mol. The SMILES string of the molecule is CCOc1ccc(C(=O)NCCCc2ccc(OC(C)C)cc2)cc1C. The molecular formula is C22H29NO3. The van der Waals surface area contributed by atoms with Gasteiger partial charge in [-0.3, -0.25) is 4.79 Å².